The van der Waals surface area contributed by atoms with Gasteiger partial charge in [0, 0.05) is 44.7 Å². The number of aliphatic hydroxyl groups excluding tert-OH is 1. The molecule has 4 rings (SSSR count). The van der Waals surface area contributed by atoms with Crippen LogP contribution in [0.4, 0.5) is 0 Å². The molecule has 8 N–H and O–H groups in total. The fourth-order valence-corrected chi connectivity index (χ4v) is 5.50. The minimum absolute atomic E-state index is 0.0752. The van der Waals surface area contributed by atoms with Gasteiger partial charge in [-0.05, 0) is 42.2 Å². The van der Waals surface area contributed by atoms with Crippen LogP contribution in [0.5, 0.6) is 5.75 Å². The number of aromatic hydroxyl groups is 1. The zero-order chi connectivity index (χ0) is 35.2. The maximum atomic E-state index is 14.0. The number of Topliss-reactive ketones (excluding diaryl/α,β-unsaturated/α-hetero) is 1. The predicted molar refractivity (Wildman–Crippen MR) is 188 cm³/mol. The number of nitrogens with one attached hydrogen (secondary N) is 4. The van der Waals surface area contributed by atoms with Crippen LogP contribution in [-0.4, -0.2) is 102 Å². The Hall–Kier alpha value is -4.88. The molecule has 1 aliphatic heterocycles. The third-order valence-corrected chi connectivity index (χ3v) is 8.25. The van der Waals surface area contributed by atoms with Gasteiger partial charge in [0.25, 0.3) is 0 Å². The third kappa shape index (κ3) is 11.6. The van der Waals surface area contributed by atoms with E-state index >= 15 is 0 Å². The summed E-state index contributed by atoms with van der Waals surface area (Å²) in [5, 5.41) is 30.8. The van der Waals surface area contributed by atoms with E-state index in [9.17, 15) is 29.4 Å². The molecule has 49 heavy (non-hydrogen) atoms. The molecule has 0 radical (unpaired) electrons. The second-order valence-corrected chi connectivity index (χ2v) is 12.1. The van der Waals surface area contributed by atoms with Gasteiger partial charge in [-0.15, -0.1) is 0 Å². The summed E-state index contributed by atoms with van der Waals surface area (Å²) >= 11 is 0. The van der Waals surface area contributed by atoms with Crippen LogP contribution in [0.2, 0.25) is 0 Å². The highest BCUT2D eigenvalue weighted by molar-refractivity contribution is 6.05. The van der Waals surface area contributed by atoms with Crippen LogP contribution in [0.25, 0.3) is 6.08 Å². The van der Waals surface area contributed by atoms with Crippen molar-refractivity contribution in [2.24, 2.45) is 5.73 Å². The Bertz CT molecular complexity index is 1570. The number of carbonyl (C=O) groups is 4. The Morgan fingerprint density at radius 1 is 0.878 bits per heavy atom. The largest absolute Gasteiger partial charge is 0.508 e. The minimum Gasteiger partial charge on any atom is -0.508 e. The molecule has 0 aromatic heterocycles. The first-order valence-corrected chi connectivity index (χ1v) is 16.5. The topological polar surface area (TPSA) is 186 Å². The number of amides is 3. The van der Waals surface area contributed by atoms with Crippen molar-refractivity contribution in [3.8, 4) is 5.75 Å². The molecule has 0 bridgehead atoms. The molecule has 12 nitrogen and oxygen atoms in total. The number of hydrogen-bond donors (Lipinski definition) is 7. The number of benzene rings is 3. The fraction of sp³-hybridized carbons (Fsp3) is 0.351. The van der Waals surface area contributed by atoms with E-state index in [0.29, 0.717) is 11.1 Å². The second kappa shape index (κ2) is 18.6. The molecule has 3 aromatic rings. The molecular weight excluding hydrogens is 624 g/mol. The molecule has 1 fully saturated rings. The van der Waals surface area contributed by atoms with Crippen LogP contribution >= 0.6 is 0 Å². The highest BCUT2D eigenvalue weighted by Crippen LogP contribution is 2.16. The van der Waals surface area contributed by atoms with Gasteiger partial charge >= 0.3 is 0 Å². The zero-order valence-electron chi connectivity index (χ0n) is 27.7. The van der Waals surface area contributed by atoms with Crippen molar-refractivity contribution in [3.05, 3.63) is 107 Å². The van der Waals surface area contributed by atoms with Gasteiger partial charge in [-0.1, -0.05) is 78.9 Å². The summed E-state index contributed by atoms with van der Waals surface area (Å²) < 4.78 is 0. The summed E-state index contributed by atoms with van der Waals surface area (Å²) in [5.41, 5.74) is 8.78. The molecular formula is C37H46N6O6. The maximum absolute atomic E-state index is 14.0. The molecule has 1 saturated heterocycles. The van der Waals surface area contributed by atoms with Crippen molar-refractivity contribution in [3.63, 3.8) is 0 Å². The van der Waals surface area contributed by atoms with Crippen molar-refractivity contribution >= 4 is 29.6 Å². The molecule has 0 saturated carbocycles. The number of hydrogen-bond acceptors (Lipinski definition) is 9. The lowest BCUT2D eigenvalue weighted by atomic mass is 9.94. The number of aliphatic hydroxyl groups is 1. The van der Waals surface area contributed by atoms with E-state index in [0.717, 1.165) is 43.9 Å². The Balaban J connectivity index is 1.39. The Morgan fingerprint density at radius 2 is 1.53 bits per heavy atom. The van der Waals surface area contributed by atoms with Crippen molar-refractivity contribution in [2.45, 2.75) is 44.0 Å². The normalized spacial score (nSPS) is 15.9. The van der Waals surface area contributed by atoms with E-state index in [1.165, 1.54) is 19.1 Å². The Morgan fingerprint density at radius 3 is 2.22 bits per heavy atom. The summed E-state index contributed by atoms with van der Waals surface area (Å²) in [4.78, 5) is 55.3. The summed E-state index contributed by atoms with van der Waals surface area (Å²) in [7, 11) is 0. The Labute approximate surface area is 286 Å². The van der Waals surface area contributed by atoms with Gasteiger partial charge in [0.05, 0.1) is 24.7 Å². The first-order chi connectivity index (χ1) is 23.6. The SMILES string of the molecule is CC(O)[C@@H](NC(=O)C(N)Cc1ccc(O)cc1)C(=O)NCC(=O)NC(Cc1ccccc1)C(=O)c1ccccc1/C=C/CN1CCNCC1. The van der Waals surface area contributed by atoms with Gasteiger partial charge in [0.2, 0.25) is 17.7 Å². The lowest BCUT2D eigenvalue weighted by Gasteiger charge is -2.25. The van der Waals surface area contributed by atoms with Gasteiger partial charge in [-0.25, -0.2) is 0 Å². The maximum Gasteiger partial charge on any atom is 0.245 e. The smallest absolute Gasteiger partial charge is 0.245 e. The van der Waals surface area contributed by atoms with Gasteiger partial charge in [-0.3, -0.25) is 24.1 Å². The Kier molecular flexibility index (Phi) is 14.0. The monoisotopic (exact) mass is 670 g/mol. The second-order valence-electron chi connectivity index (χ2n) is 12.1. The number of phenolic OH excluding ortho intramolecular Hbond substituents is 1. The van der Waals surface area contributed by atoms with Crippen molar-refractivity contribution in [1.29, 1.82) is 0 Å². The third-order valence-electron chi connectivity index (χ3n) is 8.25. The van der Waals surface area contributed by atoms with Crippen molar-refractivity contribution in [2.75, 3.05) is 39.3 Å². The molecule has 12 heteroatoms. The first kappa shape index (κ1) is 36.9. The summed E-state index contributed by atoms with van der Waals surface area (Å²) in [6.45, 7) is 5.37. The highest BCUT2D eigenvalue weighted by Gasteiger charge is 2.29. The molecule has 3 aromatic carbocycles. The molecule has 0 aliphatic carbocycles. The van der Waals surface area contributed by atoms with Crippen LogP contribution < -0.4 is 27.0 Å². The zero-order valence-corrected chi connectivity index (χ0v) is 27.7. The average Bonchev–Trinajstić information content (AvgIpc) is 3.10. The number of ketones is 1. The van der Waals surface area contributed by atoms with E-state index in [4.69, 9.17) is 5.73 Å². The van der Waals surface area contributed by atoms with Gasteiger partial charge in [0.15, 0.2) is 5.78 Å². The number of carbonyl (C=O) groups excluding carboxylic acids is 4. The quantitative estimate of drug-likeness (QED) is 0.108. The number of piperazine rings is 1. The number of nitrogens with zero attached hydrogens (tertiary/aromatic N) is 1. The first-order valence-electron chi connectivity index (χ1n) is 16.5. The predicted octanol–water partition coefficient (Wildman–Crippen LogP) is 0.773. The molecule has 1 heterocycles. The number of rotatable bonds is 16. The van der Waals surface area contributed by atoms with E-state index < -0.39 is 48.5 Å². The summed E-state index contributed by atoms with van der Waals surface area (Å²) in [5.74, 6) is -2.28. The number of phenols is 1. The summed E-state index contributed by atoms with van der Waals surface area (Å²) in [6.07, 6.45) is 3.03. The lowest BCUT2D eigenvalue weighted by molar-refractivity contribution is -0.133. The van der Waals surface area contributed by atoms with E-state index in [2.05, 4.69) is 26.2 Å². The van der Waals surface area contributed by atoms with Crippen LogP contribution in [0.3, 0.4) is 0 Å². The van der Waals surface area contributed by atoms with Gasteiger partial charge < -0.3 is 37.2 Å². The van der Waals surface area contributed by atoms with E-state index in [-0.39, 0.29) is 24.4 Å². The standard InChI is InChI=1S/C37H46N6O6/c1-25(44)34(42-36(48)31(38)22-27-13-15-29(45)16-14-27)37(49)40-24-33(46)41-32(23-26-8-3-2-4-9-26)35(47)30-12-6-5-10-28(30)11-7-19-43-20-17-39-18-21-43/h2-16,25,31-32,34,39,44-45H,17-24,38H2,1H3,(H,40,49)(H,41,46)(H,42,48)/b11-7+/t25?,31?,32?,34-/m1/s1. The van der Waals surface area contributed by atoms with Gasteiger partial charge in [-0.2, -0.15) is 0 Å². The highest BCUT2D eigenvalue weighted by atomic mass is 16.3. The average molecular weight is 671 g/mol. The minimum atomic E-state index is -1.38. The van der Waals surface area contributed by atoms with E-state index in [1.54, 1.807) is 24.3 Å². The molecule has 0 spiro atoms. The van der Waals surface area contributed by atoms with Crippen LogP contribution in [0.1, 0.15) is 34.0 Å². The van der Waals surface area contributed by atoms with E-state index in [1.807, 2.05) is 54.6 Å². The van der Waals surface area contributed by atoms with Crippen molar-refractivity contribution < 1.29 is 29.4 Å². The van der Waals surface area contributed by atoms with Crippen LogP contribution in [-0.2, 0) is 27.2 Å². The molecule has 260 valence electrons. The van der Waals surface area contributed by atoms with Crippen LogP contribution in [0, 0.1) is 0 Å². The summed E-state index contributed by atoms with van der Waals surface area (Å²) in [6, 6.07) is 19.4. The number of nitrogens with two attached hydrogens (primary N) is 1. The molecule has 3 unspecified atom stereocenters. The van der Waals surface area contributed by atoms with Crippen molar-refractivity contribution in [1.82, 2.24) is 26.2 Å². The van der Waals surface area contributed by atoms with Gasteiger partial charge in [0.1, 0.15) is 11.8 Å². The van der Waals surface area contributed by atoms with Crippen LogP contribution in [0.15, 0.2) is 84.9 Å². The molecule has 1 aliphatic rings. The fourth-order valence-electron chi connectivity index (χ4n) is 5.50. The molecule has 3 amide bonds. The molecule has 4 atom stereocenters. The lowest BCUT2D eigenvalue weighted by Crippen LogP contribution is -2.57.